The summed E-state index contributed by atoms with van der Waals surface area (Å²) in [5.74, 6) is 0.488. The Labute approximate surface area is 207 Å². The summed E-state index contributed by atoms with van der Waals surface area (Å²) in [5, 5.41) is 21.7. The van der Waals surface area contributed by atoms with Gasteiger partial charge >= 0.3 is 5.97 Å². The van der Waals surface area contributed by atoms with Gasteiger partial charge in [-0.2, -0.15) is 0 Å². The Morgan fingerprint density at radius 2 is 1.71 bits per heavy atom. The zero-order valence-electron chi connectivity index (χ0n) is 20.9. The third-order valence-corrected chi connectivity index (χ3v) is 7.45. The van der Waals surface area contributed by atoms with E-state index in [1.807, 2.05) is 42.5 Å². The minimum absolute atomic E-state index is 0.175. The van der Waals surface area contributed by atoms with Gasteiger partial charge in [0, 0.05) is 25.0 Å². The molecule has 35 heavy (non-hydrogen) atoms. The molecule has 1 saturated heterocycles. The molecular formula is C28H37NO6. The van der Waals surface area contributed by atoms with E-state index in [0.29, 0.717) is 24.6 Å². The highest BCUT2D eigenvalue weighted by Gasteiger charge is 2.48. The minimum atomic E-state index is -0.843. The standard InChI is InChI=1S/C28H37NO6/c1-4-6-18(7-5-2)23(30)16-29-15-22(20-10-13-24-25(14-20)35-17-34-24)26(28(31)32)27(29)19-8-11-21(33-3)12-9-19/h8-14,18,22-23,26-27,30H,4-7,15-17H2,1-3H3,(H,31,32)/t22-,23?,26+,27-/m1/s1. The van der Waals surface area contributed by atoms with E-state index < -0.39 is 18.0 Å². The van der Waals surface area contributed by atoms with Gasteiger partial charge in [0.1, 0.15) is 5.75 Å². The number of benzene rings is 2. The van der Waals surface area contributed by atoms with Crippen LogP contribution in [0, 0.1) is 11.8 Å². The molecule has 2 heterocycles. The second-order valence-corrected chi connectivity index (χ2v) is 9.66. The molecule has 0 amide bonds. The van der Waals surface area contributed by atoms with Crippen molar-refractivity contribution < 1.29 is 29.2 Å². The van der Waals surface area contributed by atoms with Crippen LogP contribution < -0.4 is 14.2 Å². The monoisotopic (exact) mass is 483 g/mol. The van der Waals surface area contributed by atoms with Crippen LogP contribution in [0.5, 0.6) is 17.2 Å². The number of fused-ring (bicyclic) bond motifs is 1. The topological polar surface area (TPSA) is 88.5 Å². The molecule has 0 spiro atoms. The van der Waals surface area contributed by atoms with Crippen molar-refractivity contribution in [3.05, 3.63) is 53.6 Å². The molecule has 4 rings (SSSR count). The van der Waals surface area contributed by atoms with Crippen LogP contribution in [0.1, 0.15) is 62.6 Å². The van der Waals surface area contributed by atoms with Crippen LogP contribution in [0.25, 0.3) is 0 Å². The fraction of sp³-hybridized carbons (Fsp3) is 0.536. The lowest BCUT2D eigenvalue weighted by Crippen LogP contribution is -2.38. The number of hydrogen-bond donors (Lipinski definition) is 2. The molecule has 2 N–H and O–H groups in total. The molecule has 2 aromatic carbocycles. The summed E-state index contributed by atoms with van der Waals surface area (Å²) in [6.07, 6.45) is 3.44. The fourth-order valence-electron chi connectivity index (χ4n) is 5.76. The second kappa shape index (κ2) is 11.3. The highest BCUT2D eigenvalue weighted by molar-refractivity contribution is 5.74. The summed E-state index contributed by atoms with van der Waals surface area (Å²) in [5.41, 5.74) is 1.83. The maximum atomic E-state index is 12.7. The summed E-state index contributed by atoms with van der Waals surface area (Å²) >= 11 is 0. The van der Waals surface area contributed by atoms with Crippen molar-refractivity contribution >= 4 is 5.97 Å². The van der Waals surface area contributed by atoms with E-state index >= 15 is 0 Å². The lowest BCUT2D eigenvalue weighted by atomic mass is 9.82. The number of aliphatic hydroxyl groups excluding tert-OH is 1. The Hall–Kier alpha value is -2.77. The lowest BCUT2D eigenvalue weighted by molar-refractivity contribution is -0.143. The zero-order valence-corrected chi connectivity index (χ0v) is 20.9. The van der Waals surface area contributed by atoms with Gasteiger partial charge < -0.3 is 24.4 Å². The molecule has 2 aromatic rings. The molecule has 0 aromatic heterocycles. The Morgan fingerprint density at radius 1 is 1.06 bits per heavy atom. The summed E-state index contributed by atoms with van der Waals surface area (Å²) in [4.78, 5) is 14.9. The molecule has 1 fully saturated rings. The zero-order chi connectivity index (χ0) is 24.9. The summed E-state index contributed by atoms with van der Waals surface area (Å²) < 4.78 is 16.3. The molecule has 2 aliphatic rings. The van der Waals surface area contributed by atoms with E-state index in [-0.39, 0.29) is 24.7 Å². The first-order valence-corrected chi connectivity index (χ1v) is 12.6. The van der Waals surface area contributed by atoms with Crippen molar-refractivity contribution in [3.8, 4) is 17.2 Å². The third-order valence-electron chi connectivity index (χ3n) is 7.45. The van der Waals surface area contributed by atoms with Crippen molar-refractivity contribution in [3.63, 3.8) is 0 Å². The molecular weight excluding hydrogens is 446 g/mol. The highest BCUT2D eigenvalue weighted by Crippen LogP contribution is 2.48. The van der Waals surface area contributed by atoms with Gasteiger partial charge in [0.25, 0.3) is 0 Å². The maximum Gasteiger partial charge on any atom is 0.309 e. The summed E-state index contributed by atoms with van der Waals surface area (Å²) in [6, 6.07) is 13.0. The van der Waals surface area contributed by atoms with Gasteiger partial charge in [0.15, 0.2) is 11.5 Å². The Bertz CT molecular complexity index is 987. The number of hydrogen-bond acceptors (Lipinski definition) is 6. The molecule has 0 saturated carbocycles. The molecule has 0 aliphatic carbocycles. The van der Waals surface area contributed by atoms with E-state index in [1.165, 1.54) is 0 Å². The van der Waals surface area contributed by atoms with Gasteiger partial charge in [-0.15, -0.1) is 0 Å². The number of β-amino-alcohol motifs (C(OH)–C–C–N with tert-alkyl or cyclic N) is 1. The number of aliphatic carboxylic acids is 1. The van der Waals surface area contributed by atoms with E-state index in [9.17, 15) is 15.0 Å². The Morgan fingerprint density at radius 3 is 2.34 bits per heavy atom. The molecule has 190 valence electrons. The van der Waals surface area contributed by atoms with Gasteiger partial charge in [-0.1, -0.05) is 44.9 Å². The number of aliphatic hydroxyl groups is 1. The van der Waals surface area contributed by atoms with Crippen molar-refractivity contribution in [1.82, 2.24) is 4.90 Å². The van der Waals surface area contributed by atoms with Gasteiger partial charge in [-0.3, -0.25) is 9.69 Å². The third kappa shape index (κ3) is 5.41. The van der Waals surface area contributed by atoms with Gasteiger partial charge in [0.2, 0.25) is 6.79 Å². The van der Waals surface area contributed by atoms with E-state index in [2.05, 4.69) is 18.7 Å². The summed E-state index contributed by atoms with van der Waals surface area (Å²) in [6.45, 7) is 5.43. The van der Waals surface area contributed by atoms with E-state index in [0.717, 1.165) is 42.6 Å². The molecule has 7 nitrogen and oxygen atoms in total. The van der Waals surface area contributed by atoms with Crippen LogP contribution in [-0.2, 0) is 4.79 Å². The van der Waals surface area contributed by atoms with Crippen molar-refractivity contribution in [2.75, 3.05) is 27.0 Å². The molecule has 2 aliphatic heterocycles. The molecule has 4 atom stereocenters. The van der Waals surface area contributed by atoms with Crippen LogP contribution in [0.2, 0.25) is 0 Å². The number of likely N-dealkylation sites (tertiary alicyclic amines) is 1. The average Bonchev–Trinajstić information content (AvgIpc) is 3.48. The number of methoxy groups -OCH3 is 1. The maximum absolute atomic E-state index is 12.7. The fourth-order valence-corrected chi connectivity index (χ4v) is 5.76. The number of carbonyl (C=O) groups is 1. The number of carboxylic acids is 1. The highest BCUT2D eigenvalue weighted by atomic mass is 16.7. The van der Waals surface area contributed by atoms with Crippen LogP contribution in [-0.4, -0.2) is 54.2 Å². The Balaban J connectivity index is 1.69. The molecule has 0 bridgehead atoms. The van der Waals surface area contributed by atoms with Crippen molar-refractivity contribution in [2.45, 2.75) is 57.6 Å². The first-order chi connectivity index (χ1) is 17.0. The smallest absolute Gasteiger partial charge is 0.309 e. The van der Waals surface area contributed by atoms with Gasteiger partial charge in [0.05, 0.1) is 19.1 Å². The second-order valence-electron chi connectivity index (χ2n) is 9.66. The Kier molecular flexibility index (Phi) is 8.19. The molecule has 1 unspecified atom stereocenters. The van der Waals surface area contributed by atoms with Crippen LogP contribution in [0.15, 0.2) is 42.5 Å². The number of carboxylic acid groups (broad SMARTS) is 1. The predicted octanol–water partition coefficient (Wildman–Crippen LogP) is 4.84. The average molecular weight is 484 g/mol. The van der Waals surface area contributed by atoms with E-state index in [1.54, 1.807) is 7.11 Å². The minimum Gasteiger partial charge on any atom is -0.497 e. The van der Waals surface area contributed by atoms with E-state index in [4.69, 9.17) is 14.2 Å². The summed E-state index contributed by atoms with van der Waals surface area (Å²) in [7, 11) is 1.62. The quantitative estimate of drug-likeness (QED) is 0.473. The molecule has 7 heteroatoms. The predicted molar refractivity (Wildman–Crippen MR) is 133 cm³/mol. The lowest BCUT2D eigenvalue weighted by Gasteiger charge is -2.32. The largest absolute Gasteiger partial charge is 0.497 e. The van der Waals surface area contributed by atoms with Crippen LogP contribution in [0.3, 0.4) is 0 Å². The first-order valence-electron chi connectivity index (χ1n) is 12.6. The number of nitrogens with zero attached hydrogens (tertiary/aromatic N) is 1. The first kappa shape index (κ1) is 25.3. The van der Waals surface area contributed by atoms with Gasteiger partial charge in [-0.25, -0.2) is 0 Å². The van der Waals surface area contributed by atoms with Crippen LogP contribution >= 0.6 is 0 Å². The number of ether oxygens (including phenoxy) is 3. The SMILES string of the molecule is CCCC(CCC)C(O)CN1C[C@H](c2ccc3c(c2)OCO3)[C@H](C(=O)O)[C@H]1c1ccc(OC)cc1. The van der Waals surface area contributed by atoms with Gasteiger partial charge in [-0.05, 0) is 54.2 Å². The molecule has 0 radical (unpaired) electrons. The number of rotatable bonds is 11. The van der Waals surface area contributed by atoms with Crippen LogP contribution in [0.4, 0.5) is 0 Å². The van der Waals surface area contributed by atoms with Crippen molar-refractivity contribution in [2.24, 2.45) is 11.8 Å². The normalized spacial score (nSPS) is 22.5. The van der Waals surface area contributed by atoms with Crippen molar-refractivity contribution in [1.29, 1.82) is 0 Å².